The minimum absolute atomic E-state index is 1.03. The van der Waals surface area contributed by atoms with E-state index in [0.717, 1.165) is 25.9 Å². The molecule has 0 heterocycles. The van der Waals surface area contributed by atoms with Gasteiger partial charge in [0.1, 0.15) is 0 Å². The van der Waals surface area contributed by atoms with Crippen molar-refractivity contribution in [1.82, 2.24) is 4.90 Å². The predicted molar refractivity (Wildman–Crippen MR) is 129 cm³/mol. The van der Waals surface area contributed by atoms with Gasteiger partial charge < -0.3 is 0 Å². The Hall–Kier alpha value is -1.50. The number of hydrogen-bond donors (Lipinski definition) is 0. The van der Waals surface area contributed by atoms with Gasteiger partial charge in [-0.15, -0.1) is 0 Å². The molecule has 3 rings (SSSR count). The van der Waals surface area contributed by atoms with Crippen LogP contribution in [0.2, 0.25) is 0 Å². The standard InChI is InChI=1S/C11H16N.2C8H9.Bi/c1-4-12(3)9-11-7-5-6-10(2)8-11;2*1-2-8-6-4-3-5-7-8;/h5-6,8H,4,9H2,1-3H3;2*4-7H,2H2,1H3;. The molecule has 0 saturated heterocycles. The van der Waals surface area contributed by atoms with Crippen LogP contribution < -0.4 is 9.81 Å². The fraction of sp³-hybridized carbons (Fsp3) is 0.333. The molecule has 0 unspecified atom stereocenters. The number of rotatable bonds is 8. The molecule has 0 atom stereocenters. The van der Waals surface area contributed by atoms with E-state index < -0.39 is 21.8 Å². The molecular formula is C27H34BiN. The zero-order valence-corrected chi connectivity index (χ0v) is 22.1. The Labute approximate surface area is 185 Å². The van der Waals surface area contributed by atoms with Crippen molar-refractivity contribution in [2.45, 2.75) is 47.1 Å². The molecule has 0 aliphatic rings. The first-order chi connectivity index (χ1) is 14.0. The van der Waals surface area contributed by atoms with Gasteiger partial charge in [0, 0.05) is 0 Å². The van der Waals surface area contributed by atoms with Crippen LogP contribution in [0.15, 0.2) is 66.7 Å². The molecule has 152 valence electrons. The van der Waals surface area contributed by atoms with Crippen LogP contribution in [0.4, 0.5) is 0 Å². The second-order valence-electron chi connectivity index (χ2n) is 7.84. The van der Waals surface area contributed by atoms with Gasteiger partial charge in [-0.3, -0.25) is 0 Å². The number of nitrogens with zero attached hydrogens (tertiary/aromatic N) is 1. The summed E-state index contributed by atoms with van der Waals surface area (Å²) < 4.78 is 4.77. The van der Waals surface area contributed by atoms with Gasteiger partial charge in [-0.25, -0.2) is 0 Å². The summed E-state index contributed by atoms with van der Waals surface area (Å²) >= 11 is -2.36. The second kappa shape index (κ2) is 10.5. The summed E-state index contributed by atoms with van der Waals surface area (Å²) in [6.07, 6.45) is 2.20. The molecule has 0 N–H and O–H groups in total. The molecule has 2 heteroatoms. The van der Waals surface area contributed by atoms with Gasteiger partial charge in [-0.1, -0.05) is 0 Å². The second-order valence-corrected chi connectivity index (χ2v) is 16.3. The summed E-state index contributed by atoms with van der Waals surface area (Å²) in [4.78, 5) is 2.42. The monoisotopic (exact) mass is 581 g/mol. The molecule has 3 aromatic rings. The van der Waals surface area contributed by atoms with E-state index in [2.05, 4.69) is 106 Å². The molecule has 0 radical (unpaired) electrons. The van der Waals surface area contributed by atoms with Crippen molar-refractivity contribution < 1.29 is 0 Å². The summed E-state index contributed by atoms with van der Waals surface area (Å²) in [6.45, 7) is 11.0. The third-order valence-electron chi connectivity index (χ3n) is 5.66. The third-order valence-corrected chi connectivity index (χ3v) is 15.6. The Morgan fingerprint density at radius 3 is 1.69 bits per heavy atom. The Morgan fingerprint density at radius 1 is 0.724 bits per heavy atom. The maximum absolute atomic E-state index is 2.44. The van der Waals surface area contributed by atoms with Crippen molar-refractivity contribution in [3.63, 3.8) is 0 Å². The topological polar surface area (TPSA) is 3.24 Å². The van der Waals surface area contributed by atoms with E-state index in [1.54, 1.807) is 9.81 Å². The summed E-state index contributed by atoms with van der Waals surface area (Å²) in [5.74, 6) is 0. The zero-order chi connectivity index (χ0) is 20.8. The van der Waals surface area contributed by atoms with Crippen molar-refractivity contribution in [2.75, 3.05) is 13.6 Å². The molecule has 0 saturated carbocycles. The summed E-state index contributed by atoms with van der Waals surface area (Å²) in [5.41, 5.74) is 5.73. The molecule has 0 bridgehead atoms. The van der Waals surface area contributed by atoms with Gasteiger partial charge in [0.25, 0.3) is 0 Å². The molecule has 0 aliphatic carbocycles. The normalized spacial score (nSPS) is 11.4. The van der Waals surface area contributed by atoms with Gasteiger partial charge in [0.15, 0.2) is 0 Å². The van der Waals surface area contributed by atoms with E-state index in [9.17, 15) is 0 Å². The maximum atomic E-state index is 2.44. The van der Waals surface area contributed by atoms with E-state index in [1.165, 1.54) is 22.3 Å². The molecule has 29 heavy (non-hydrogen) atoms. The van der Waals surface area contributed by atoms with Crippen LogP contribution >= 0.6 is 0 Å². The fourth-order valence-corrected chi connectivity index (χ4v) is 13.0. The summed E-state index contributed by atoms with van der Waals surface area (Å²) in [6, 6.07) is 26.2. The first kappa shape index (κ1) is 22.2. The summed E-state index contributed by atoms with van der Waals surface area (Å²) in [7, 11) is 2.22. The first-order valence-corrected chi connectivity index (χ1v) is 16.0. The molecule has 3 aromatic carbocycles. The third kappa shape index (κ3) is 5.56. The van der Waals surface area contributed by atoms with Crippen LogP contribution in [0.25, 0.3) is 0 Å². The fourth-order valence-electron chi connectivity index (χ4n) is 3.65. The zero-order valence-electron chi connectivity index (χ0n) is 18.6. The molecular weight excluding hydrogens is 547 g/mol. The molecule has 0 aromatic heterocycles. The van der Waals surface area contributed by atoms with Crippen molar-refractivity contribution in [1.29, 1.82) is 0 Å². The molecule has 0 fully saturated rings. The Kier molecular flexibility index (Phi) is 8.04. The van der Waals surface area contributed by atoms with Gasteiger partial charge >= 0.3 is 186 Å². The van der Waals surface area contributed by atoms with Crippen molar-refractivity contribution in [3.05, 3.63) is 89.0 Å². The Balaban J connectivity index is 2.14. The van der Waals surface area contributed by atoms with Crippen LogP contribution in [-0.2, 0) is 19.4 Å². The van der Waals surface area contributed by atoms with Crippen LogP contribution in [0.1, 0.15) is 43.0 Å². The minimum atomic E-state index is -2.36. The Bertz CT molecular complexity index is 865. The van der Waals surface area contributed by atoms with E-state index in [0.29, 0.717) is 0 Å². The number of benzene rings is 3. The van der Waals surface area contributed by atoms with Crippen molar-refractivity contribution >= 4 is 31.6 Å². The van der Waals surface area contributed by atoms with Crippen molar-refractivity contribution in [2.24, 2.45) is 0 Å². The quantitative estimate of drug-likeness (QED) is 0.363. The molecule has 0 amide bonds. The molecule has 0 aliphatic heterocycles. The van der Waals surface area contributed by atoms with E-state index in [1.807, 2.05) is 0 Å². The van der Waals surface area contributed by atoms with Crippen molar-refractivity contribution in [3.8, 4) is 0 Å². The van der Waals surface area contributed by atoms with E-state index >= 15 is 0 Å². The molecule has 1 nitrogen and oxygen atoms in total. The van der Waals surface area contributed by atoms with Crippen LogP contribution in [0.3, 0.4) is 0 Å². The van der Waals surface area contributed by atoms with Gasteiger partial charge in [0.2, 0.25) is 0 Å². The summed E-state index contributed by atoms with van der Waals surface area (Å²) in [5, 5.41) is 0. The average molecular weight is 582 g/mol. The van der Waals surface area contributed by atoms with Crippen LogP contribution in [-0.4, -0.2) is 40.2 Å². The van der Waals surface area contributed by atoms with Gasteiger partial charge in [0.05, 0.1) is 0 Å². The number of hydrogen-bond acceptors (Lipinski definition) is 1. The predicted octanol–water partition coefficient (Wildman–Crippen LogP) is 4.09. The molecule has 0 spiro atoms. The van der Waals surface area contributed by atoms with Gasteiger partial charge in [-0.2, -0.15) is 0 Å². The average Bonchev–Trinajstić information content (AvgIpc) is 2.76. The van der Waals surface area contributed by atoms with Crippen LogP contribution in [0.5, 0.6) is 0 Å². The Morgan fingerprint density at radius 2 is 1.24 bits per heavy atom. The SMILES string of the molecule is CCc1cc[c]([Bi]([c]2ccc(CC)cc2)[c]2ccc(C)cc2CN(C)CC)cc1. The first-order valence-electron chi connectivity index (χ1n) is 10.8. The number of aryl methyl sites for hydroxylation is 3. The van der Waals surface area contributed by atoms with Gasteiger partial charge in [-0.05, 0) is 0 Å². The van der Waals surface area contributed by atoms with E-state index in [-0.39, 0.29) is 0 Å². The van der Waals surface area contributed by atoms with E-state index in [4.69, 9.17) is 0 Å². The van der Waals surface area contributed by atoms with Crippen LogP contribution in [0, 0.1) is 6.92 Å².